The first-order chi connectivity index (χ1) is 20.3. The Morgan fingerprint density at radius 3 is 2.74 bits per heavy atom. The maximum atomic E-state index is 14.0. The van der Waals surface area contributed by atoms with E-state index in [0.717, 1.165) is 39.8 Å². The van der Waals surface area contributed by atoms with Crippen molar-refractivity contribution < 1.29 is 14.3 Å². The molecule has 0 bridgehead atoms. The number of likely N-dealkylation sites (tertiary alicyclic amines) is 1. The number of carbonyl (C=O) groups excluding carboxylic acids is 2. The molecule has 2 aromatic carbocycles. The Kier molecular flexibility index (Phi) is 6.34. The summed E-state index contributed by atoms with van der Waals surface area (Å²) in [6, 6.07) is 16.9. The molecule has 0 spiro atoms. The van der Waals surface area contributed by atoms with Gasteiger partial charge in [0.25, 0.3) is 0 Å². The molecule has 1 aliphatic heterocycles. The first-order valence-corrected chi connectivity index (χ1v) is 14.5. The van der Waals surface area contributed by atoms with Crippen molar-refractivity contribution in [2.24, 2.45) is 5.92 Å². The third-order valence-electron chi connectivity index (χ3n) is 8.31. The summed E-state index contributed by atoms with van der Waals surface area (Å²) < 4.78 is 7.97. The van der Waals surface area contributed by atoms with Gasteiger partial charge in [-0.1, -0.05) is 18.2 Å². The number of halogens is 1. The Morgan fingerprint density at radius 2 is 1.93 bits per heavy atom. The number of nitrogens with one attached hydrogen (secondary N) is 1. The van der Waals surface area contributed by atoms with Crippen LogP contribution in [-0.4, -0.2) is 55.4 Å². The molecule has 2 amide bonds. The number of fused-ring (bicyclic) bond motifs is 4. The van der Waals surface area contributed by atoms with E-state index in [1.165, 1.54) is 6.33 Å². The normalized spacial score (nSPS) is 19.2. The van der Waals surface area contributed by atoms with Crippen molar-refractivity contribution in [3.8, 4) is 16.9 Å². The van der Waals surface area contributed by atoms with Crippen LogP contribution in [0.5, 0.6) is 5.75 Å². The van der Waals surface area contributed by atoms with E-state index in [1.54, 1.807) is 30.2 Å². The van der Waals surface area contributed by atoms with Gasteiger partial charge >= 0.3 is 0 Å². The van der Waals surface area contributed by atoms with Crippen molar-refractivity contribution in [1.29, 1.82) is 0 Å². The van der Waals surface area contributed by atoms with Crippen molar-refractivity contribution in [2.45, 2.75) is 38.4 Å². The summed E-state index contributed by atoms with van der Waals surface area (Å²) in [5.41, 5.74) is 10.8. The number of methoxy groups -OCH3 is 1. The van der Waals surface area contributed by atoms with Gasteiger partial charge in [-0.25, -0.2) is 15.0 Å². The number of nitrogens with two attached hydrogens (primary N) is 1. The molecule has 3 N–H and O–H groups in total. The molecule has 1 aliphatic carbocycles. The molecule has 0 radical (unpaired) electrons. The number of hydrogen-bond acceptors (Lipinski definition) is 7. The van der Waals surface area contributed by atoms with E-state index in [9.17, 15) is 9.59 Å². The van der Waals surface area contributed by atoms with E-state index in [4.69, 9.17) is 10.5 Å². The molecule has 4 heterocycles. The van der Waals surface area contributed by atoms with Gasteiger partial charge in [0, 0.05) is 11.4 Å². The van der Waals surface area contributed by atoms with Gasteiger partial charge in [-0.3, -0.25) is 9.59 Å². The topological polar surface area (TPSA) is 128 Å². The molecular formula is C31H28BrN7O3. The maximum Gasteiger partial charge on any atom is 0.248 e. The van der Waals surface area contributed by atoms with Gasteiger partial charge in [0.2, 0.25) is 11.8 Å². The molecule has 3 atom stereocenters. The number of carbonyl (C=O) groups is 2. The molecule has 2 aliphatic rings. The lowest BCUT2D eigenvalue weighted by Gasteiger charge is -2.27. The molecule has 5 aromatic rings. The Hall–Kier alpha value is -4.51. The summed E-state index contributed by atoms with van der Waals surface area (Å²) in [6.07, 6.45) is 2.97. The number of piperidine rings is 1. The first kappa shape index (κ1) is 26.4. The van der Waals surface area contributed by atoms with E-state index in [2.05, 4.69) is 48.3 Å². The predicted octanol–water partition coefficient (Wildman–Crippen LogP) is 4.94. The minimum Gasteiger partial charge on any atom is -0.497 e. The second kappa shape index (κ2) is 10.1. The lowest BCUT2D eigenvalue weighted by atomic mass is 10.00. The number of aryl methyl sites for hydroxylation is 1. The van der Waals surface area contributed by atoms with Crippen LogP contribution in [0.3, 0.4) is 0 Å². The Morgan fingerprint density at radius 1 is 1.10 bits per heavy atom. The highest BCUT2D eigenvalue weighted by Crippen LogP contribution is 2.48. The zero-order valence-electron chi connectivity index (χ0n) is 23.0. The Bertz CT molecular complexity index is 1910. The Balaban J connectivity index is 1.26. The number of nitrogen functional groups attached to an aromatic ring is 1. The van der Waals surface area contributed by atoms with Gasteiger partial charge in [-0.05, 0) is 94.7 Å². The highest BCUT2D eigenvalue weighted by Gasteiger charge is 2.56. The molecule has 1 saturated heterocycles. The van der Waals surface area contributed by atoms with Crippen molar-refractivity contribution in [1.82, 2.24) is 24.4 Å². The van der Waals surface area contributed by atoms with Gasteiger partial charge in [0.15, 0.2) is 0 Å². The minimum absolute atomic E-state index is 0.0257. The largest absolute Gasteiger partial charge is 0.497 e. The van der Waals surface area contributed by atoms with Crippen LogP contribution in [0.2, 0.25) is 0 Å². The highest BCUT2D eigenvalue weighted by molar-refractivity contribution is 9.10. The van der Waals surface area contributed by atoms with Crippen molar-refractivity contribution in [3.05, 3.63) is 71.1 Å². The van der Waals surface area contributed by atoms with Crippen LogP contribution in [0.1, 0.15) is 18.4 Å². The Labute approximate surface area is 250 Å². The number of pyridine rings is 1. The van der Waals surface area contributed by atoms with E-state index in [1.807, 2.05) is 35.8 Å². The van der Waals surface area contributed by atoms with Crippen LogP contribution in [0, 0.1) is 12.8 Å². The van der Waals surface area contributed by atoms with Crippen molar-refractivity contribution >= 4 is 61.3 Å². The van der Waals surface area contributed by atoms with Gasteiger partial charge in [-0.15, -0.1) is 0 Å². The van der Waals surface area contributed by atoms with Gasteiger partial charge in [0.05, 0.1) is 18.0 Å². The number of nitrogens with zero attached hydrogens (tertiary/aromatic N) is 5. The number of rotatable bonds is 6. The molecular weight excluding hydrogens is 598 g/mol. The van der Waals surface area contributed by atoms with Crippen LogP contribution in [0.25, 0.3) is 33.1 Å². The molecule has 7 rings (SSSR count). The van der Waals surface area contributed by atoms with Crippen molar-refractivity contribution in [3.63, 3.8) is 0 Å². The second-order valence-corrected chi connectivity index (χ2v) is 11.7. The zero-order chi connectivity index (χ0) is 29.1. The fraction of sp³-hybridized carbons (Fsp3) is 0.258. The number of anilines is 2. The fourth-order valence-electron chi connectivity index (χ4n) is 6.36. The summed E-state index contributed by atoms with van der Waals surface area (Å²) >= 11 is 3.34. The quantitative estimate of drug-likeness (QED) is 0.256. The van der Waals surface area contributed by atoms with Gasteiger partial charge in [0.1, 0.15) is 46.5 Å². The lowest BCUT2D eigenvalue weighted by Crippen LogP contribution is -2.46. The van der Waals surface area contributed by atoms with Crippen LogP contribution < -0.4 is 15.8 Å². The van der Waals surface area contributed by atoms with Crippen LogP contribution >= 0.6 is 15.9 Å². The smallest absolute Gasteiger partial charge is 0.248 e. The van der Waals surface area contributed by atoms with E-state index in [-0.39, 0.29) is 24.4 Å². The molecule has 10 nitrogen and oxygen atoms in total. The average molecular weight is 627 g/mol. The third kappa shape index (κ3) is 4.44. The number of aromatic nitrogens is 4. The monoisotopic (exact) mass is 625 g/mol. The summed E-state index contributed by atoms with van der Waals surface area (Å²) in [5.74, 6) is 1.53. The van der Waals surface area contributed by atoms with E-state index in [0.29, 0.717) is 39.6 Å². The zero-order valence-corrected chi connectivity index (χ0v) is 24.6. The molecule has 3 aromatic heterocycles. The summed E-state index contributed by atoms with van der Waals surface area (Å²) in [7, 11) is 1.65. The third-order valence-corrected chi connectivity index (χ3v) is 8.75. The van der Waals surface area contributed by atoms with E-state index < -0.39 is 6.04 Å². The molecule has 11 heteroatoms. The summed E-state index contributed by atoms with van der Waals surface area (Å²) in [6.45, 7) is 2.04. The molecule has 212 valence electrons. The predicted molar refractivity (Wildman–Crippen MR) is 164 cm³/mol. The lowest BCUT2D eigenvalue weighted by molar-refractivity contribution is -0.138. The molecule has 1 saturated carbocycles. The van der Waals surface area contributed by atoms with E-state index >= 15 is 0 Å². The minimum atomic E-state index is -0.560. The standard InChI is InChI=1S/C31H28BrN7O3/c1-16-9-18(17-5-3-6-20(10-17)42-2)11-21-27-29(33)34-15-35-30(27)38(28(16)21)14-26(40)39-22-12-19(22)13-23(39)31(41)37-25-8-4-7-24(32)36-25/h3-11,15,19,22-23H,12-14H2,1-2H3,(H2,33,34,35)(H,36,37,41). The van der Waals surface area contributed by atoms with Crippen molar-refractivity contribution in [2.75, 3.05) is 18.2 Å². The first-order valence-electron chi connectivity index (χ1n) is 13.7. The number of hydrogen-bond donors (Lipinski definition) is 2. The molecule has 3 unspecified atom stereocenters. The number of amides is 2. The SMILES string of the molecule is COc1cccc(-c2cc(C)c3c(c2)c2c(N)ncnc2n3CC(=O)N2C(C(=O)Nc3cccc(Br)n3)CC3CC32)c1. The average Bonchev–Trinajstić information content (AvgIpc) is 3.51. The van der Waals surface area contributed by atoms with Crippen LogP contribution in [-0.2, 0) is 16.1 Å². The summed E-state index contributed by atoms with van der Waals surface area (Å²) in [5, 5.41) is 4.46. The van der Waals surface area contributed by atoms with Crippen LogP contribution in [0.15, 0.2) is 65.5 Å². The van der Waals surface area contributed by atoms with Gasteiger partial charge < -0.3 is 25.3 Å². The van der Waals surface area contributed by atoms with Gasteiger partial charge in [-0.2, -0.15) is 0 Å². The number of ether oxygens (including phenoxy) is 1. The fourth-order valence-corrected chi connectivity index (χ4v) is 6.71. The second-order valence-electron chi connectivity index (χ2n) is 10.9. The molecule has 42 heavy (non-hydrogen) atoms. The maximum absolute atomic E-state index is 14.0. The highest BCUT2D eigenvalue weighted by atomic mass is 79.9. The number of benzene rings is 2. The molecule has 2 fully saturated rings. The summed E-state index contributed by atoms with van der Waals surface area (Å²) in [4.78, 5) is 42.3. The van der Waals surface area contributed by atoms with Crippen LogP contribution in [0.4, 0.5) is 11.6 Å².